The molecule has 3 nitrogen and oxygen atoms in total. The van der Waals surface area contributed by atoms with Gasteiger partial charge in [-0.1, -0.05) is 6.92 Å². The number of nitrogens with one attached hydrogen (secondary N) is 1. The van der Waals surface area contributed by atoms with Crippen LogP contribution in [0.15, 0.2) is 0 Å². The number of carbonyl (C=O) groups is 1. The summed E-state index contributed by atoms with van der Waals surface area (Å²) in [5.74, 6) is 0.0155. The highest BCUT2D eigenvalue weighted by Crippen LogP contribution is 2.50. The van der Waals surface area contributed by atoms with E-state index < -0.39 is 23.0 Å². The van der Waals surface area contributed by atoms with E-state index >= 15 is 0 Å². The number of halogens is 3. The fourth-order valence-corrected chi connectivity index (χ4v) is 2.79. The Labute approximate surface area is 111 Å². The quantitative estimate of drug-likeness (QED) is 0.832. The summed E-state index contributed by atoms with van der Waals surface area (Å²) in [5.41, 5.74) is 2.92. The third-order valence-corrected chi connectivity index (χ3v) is 4.75. The molecule has 0 saturated heterocycles. The first-order valence-electron chi connectivity index (χ1n) is 6.84. The molecule has 2 fully saturated rings. The van der Waals surface area contributed by atoms with E-state index in [1.165, 1.54) is 0 Å². The Balaban J connectivity index is 2.06. The molecule has 2 saturated carbocycles. The maximum Gasteiger partial charge on any atom is 0.411 e. The number of alkyl halides is 3. The van der Waals surface area contributed by atoms with E-state index in [2.05, 4.69) is 12.2 Å². The molecule has 0 unspecified atom stereocenters. The van der Waals surface area contributed by atoms with E-state index in [0.29, 0.717) is 18.8 Å². The molecule has 0 aromatic rings. The number of amides is 1. The molecule has 0 spiro atoms. The molecule has 3 N–H and O–H groups in total. The number of rotatable bonds is 3. The van der Waals surface area contributed by atoms with Gasteiger partial charge in [-0.25, -0.2) is 0 Å². The average molecular weight is 278 g/mol. The second-order valence-electron chi connectivity index (χ2n) is 6.20. The van der Waals surface area contributed by atoms with Crippen LogP contribution in [0, 0.1) is 11.3 Å². The SMILES string of the molecule is CC1CCC(CN)(C(=O)NC2(C(F)(F)F)CC2)CC1. The Hall–Kier alpha value is -0.780. The Bertz CT molecular complexity index is 355. The van der Waals surface area contributed by atoms with Crippen molar-refractivity contribution in [2.24, 2.45) is 17.1 Å². The summed E-state index contributed by atoms with van der Waals surface area (Å²) in [6.07, 6.45) is -1.51. The topological polar surface area (TPSA) is 55.1 Å². The normalized spacial score (nSPS) is 33.8. The lowest BCUT2D eigenvalue weighted by atomic mass is 9.70. The summed E-state index contributed by atoms with van der Waals surface area (Å²) in [6.45, 7) is 2.22. The van der Waals surface area contributed by atoms with Crippen molar-refractivity contribution in [3.05, 3.63) is 0 Å². The van der Waals surface area contributed by atoms with Gasteiger partial charge in [-0.05, 0) is 44.4 Å². The van der Waals surface area contributed by atoms with Crippen molar-refractivity contribution in [3.63, 3.8) is 0 Å². The first-order chi connectivity index (χ1) is 8.75. The molecule has 2 rings (SSSR count). The summed E-state index contributed by atoms with van der Waals surface area (Å²) >= 11 is 0. The summed E-state index contributed by atoms with van der Waals surface area (Å²) < 4.78 is 38.6. The number of hydrogen-bond acceptors (Lipinski definition) is 2. The molecule has 0 radical (unpaired) electrons. The lowest BCUT2D eigenvalue weighted by Gasteiger charge is -2.38. The minimum Gasteiger partial charge on any atom is -0.341 e. The molecule has 2 aliphatic carbocycles. The highest BCUT2D eigenvalue weighted by molar-refractivity contribution is 5.84. The minimum atomic E-state index is -4.36. The van der Waals surface area contributed by atoms with Gasteiger partial charge in [-0.3, -0.25) is 4.79 Å². The van der Waals surface area contributed by atoms with Crippen LogP contribution in [0.2, 0.25) is 0 Å². The fourth-order valence-electron chi connectivity index (χ4n) is 2.79. The molecular formula is C13H21F3N2O. The van der Waals surface area contributed by atoms with Gasteiger partial charge in [0.25, 0.3) is 0 Å². The molecule has 1 amide bonds. The maximum atomic E-state index is 12.9. The summed E-state index contributed by atoms with van der Waals surface area (Å²) in [5, 5.41) is 2.24. The summed E-state index contributed by atoms with van der Waals surface area (Å²) in [4.78, 5) is 12.3. The van der Waals surface area contributed by atoms with Gasteiger partial charge in [0.15, 0.2) is 0 Å². The molecule has 0 aromatic heterocycles. The second kappa shape index (κ2) is 4.65. The van der Waals surface area contributed by atoms with Gasteiger partial charge in [-0.2, -0.15) is 13.2 Å². The Morgan fingerprint density at radius 2 is 1.79 bits per heavy atom. The fraction of sp³-hybridized carbons (Fsp3) is 0.923. The molecular weight excluding hydrogens is 257 g/mol. The molecule has 0 aliphatic heterocycles. The number of nitrogens with two attached hydrogens (primary N) is 1. The third-order valence-electron chi connectivity index (χ3n) is 4.75. The lowest BCUT2D eigenvalue weighted by Crippen LogP contribution is -2.55. The van der Waals surface area contributed by atoms with Crippen LogP contribution >= 0.6 is 0 Å². The summed E-state index contributed by atoms with van der Waals surface area (Å²) in [7, 11) is 0. The first-order valence-corrected chi connectivity index (χ1v) is 6.84. The number of hydrogen-bond donors (Lipinski definition) is 2. The molecule has 0 heterocycles. The minimum absolute atomic E-state index is 0.0146. The van der Waals surface area contributed by atoms with Gasteiger partial charge in [0.05, 0.1) is 5.41 Å². The highest BCUT2D eigenvalue weighted by Gasteiger charge is 2.65. The molecule has 0 aromatic carbocycles. The van der Waals surface area contributed by atoms with Crippen LogP contribution < -0.4 is 11.1 Å². The van der Waals surface area contributed by atoms with Gasteiger partial charge >= 0.3 is 6.18 Å². The predicted molar refractivity (Wildman–Crippen MR) is 65.3 cm³/mol. The third kappa shape index (κ3) is 2.59. The molecule has 19 heavy (non-hydrogen) atoms. The van der Waals surface area contributed by atoms with Gasteiger partial charge in [-0.15, -0.1) is 0 Å². The van der Waals surface area contributed by atoms with Crippen LogP contribution in [-0.4, -0.2) is 24.2 Å². The highest BCUT2D eigenvalue weighted by atomic mass is 19.4. The first kappa shape index (κ1) is 14.6. The van der Waals surface area contributed by atoms with Crippen molar-refractivity contribution < 1.29 is 18.0 Å². The monoisotopic (exact) mass is 278 g/mol. The zero-order valence-corrected chi connectivity index (χ0v) is 11.1. The van der Waals surface area contributed by atoms with Gasteiger partial charge < -0.3 is 11.1 Å². The van der Waals surface area contributed by atoms with Crippen LogP contribution in [0.1, 0.15) is 45.4 Å². The molecule has 0 atom stereocenters. The zero-order chi connectivity index (χ0) is 14.3. The van der Waals surface area contributed by atoms with E-state index in [4.69, 9.17) is 5.73 Å². The maximum absolute atomic E-state index is 12.9. The molecule has 0 bridgehead atoms. The van der Waals surface area contributed by atoms with Crippen LogP contribution in [0.3, 0.4) is 0 Å². The zero-order valence-electron chi connectivity index (χ0n) is 11.1. The Morgan fingerprint density at radius 3 is 2.16 bits per heavy atom. The Morgan fingerprint density at radius 1 is 1.26 bits per heavy atom. The van der Waals surface area contributed by atoms with Crippen molar-refractivity contribution in [2.45, 2.75) is 57.2 Å². The van der Waals surface area contributed by atoms with Gasteiger partial charge in [0.2, 0.25) is 5.91 Å². The smallest absolute Gasteiger partial charge is 0.341 e. The van der Waals surface area contributed by atoms with E-state index in [0.717, 1.165) is 12.8 Å². The number of carbonyl (C=O) groups excluding carboxylic acids is 1. The second-order valence-corrected chi connectivity index (χ2v) is 6.20. The largest absolute Gasteiger partial charge is 0.411 e. The molecule has 2 aliphatic rings. The van der Waals surface area contributed by atoms with Crippen molar-refractivity contribution in [1.82, 2.24) is 5.32 Å². The predicted octanol–water partition coefficient (Wildman–Crippen LogP) is 2.35. The van der Waals surface area contributed by atoms with Crippen molar-refractivity contribution in [3.8, 4) is 0 Å². The van der Waals surface area contributed by atoms with E-state index in [1.807, 2.05) is 0 Å². The van der Waals surface area contributed by atoms with Crippen molar-refractivity contribution in [2.75, 3.05) is 6.54 Å². The molecule has 110 valence electrons. The van der Waals surface area contributed by atoms with Crippen molar-refractivity contribution in [1.29, 1.82) is 0 Å². The van der Waals surface area contributed by atoms with Crippen LogP contribution in [0.5, 0.6) is 0 Å². The standard InChI is InChI=1S/C13H21F3N2O/c1-9-2-4-11(8-17,5-3-9)10(19)18-12(6-7-12)13(14,15)16/h9H,2-8,17H2,1H3,(H,18,19). The summed E-state index contributed by atoms with van der Waals surface area (Å²) in [6, 6.07) is 0. The van der Waals surface area contributed by atoms with Crippen molar-refractivity contribution >= 4 is 5.91 Å². The Kier molecular flexibility index (Phi) is 3.58. The van der Waals surface area contributed by atoms with E-state index in [9.17, 15) is 18.0 Å². The van der Waals surface area contributed by atoms with Crippen LogP contribution in [0.25, 0.3) is 0 Å². The molecule has 6 heteroatoms. The average Bonchev–Trinajstić information content (AvgIpc) is 3.11. The van der Waals surface area contributed by atoms with E-state index in [-0.39, 0.29) is 19.4 Å². The van der Waals surface area contributed by atoms with Gasteiger partial charge in [0.1, 0.15) is 5.54 Å². The van der Waals surface area contributed by atoms with Crippen LogP contribution in [0.4, 0.5) is 13.2 Å². The lowest BCUT2D eigenvalue weighted by molar-refractivity contribution is -0.173. The van der Waals surface area contributed by atoms with Gasteiger partial charge in [0, 0.05) is 6.54 Å². The van der Waals surface area contributed by atoms with Crippen LogP contribution in [-0.2, 0) is 4.79 Å². The van der Waals surface area contributed by atoms with E-state index in [1.54, 1.807) is 0 Å².